The molecule has 1 amide bonds. The van der Waals surface area contributed by atoms with E-state index in [1.165, 1.54) is 0 Å². The molecule has 0 aliphatic heterocycles. The summed E-state index contributed by atoms with van der Waals surface area (Å²) in [4.78, 5) is 12.0. The molecule has 0 fully saturated rings. The Morgan fingerprint density at radius 2 is 1.56 bits per heavy atom. The number of ether oxygens (including phenoxy) is 3. The Kier molecular flexibility index (Phi) is 7.14. The Labute approximate surface area is 148 Å². The van der Waals surface area contributed by atoms with Crippen LogP contribution in [0.1, 0.15) is 24.0 Å². The average Bonchev–Trinajstić information content (AvgIpc) is 2.66. The summed E-state index contributed by atoms with van der Waals surface area (Å²) < 4.78 is 15.6. The van der Waals surface area contributed by atoms with Gasteiger partial charge in [-0.3, -0.25) is 4.79 Å². The standard InChI is InChI=1S/C20H25NO4/c1-23-17-10-7-16(8-11-17)14-21-20(22)6-4-5-15-9-12-18(24-2)19(13-15)25-3/h7-13H,4-6,14H2,1-3H3,(H,21,22). The molecule has 0 spiro atoms. The SMILES string of the molecule is COc1ccc(CNC(=O)CCCc2ccc(OC)c(OC)c2)cc1. The van der Waals surface area contributed by atoms with E-state index in [0.717, 1.165) is 29.7 Å². The first-order chi connectivity index (χ1) is 12.2. The van der Waals surface area contributed by atoms with Crippen molar-refractivity contribution in [2.45, 2.75) is 25.8 Å². The van der Waals surface area contributed by atoms with Crippen molar-refractivity contribution in [2.24, 2.45) is 0 Å². The van der Waals surface area contributed by atoms with Crippen LogP contribution in [0, 0.1) is 0 Å². The number of hydrogen-bond acceptors (Lipinski definition) is 4. The van der Waals surface area contributed by atoms with Crippen LogP contribution in [0.3, 0.4) is 0 Å². The molecule has 1 N–H and O–H groups in total. The van der Waals surface area contributed by atoms with E-state index in [1.807, 2.05) is 42.5 Å². The van der Waals surface area contributed by atoms with E-state index in [9.17, 15) is 4.79 Å². The second-order valence-corrected chi connectivity index (χ2v) is 5.67. The van der Waals surface area contributed by atoms with Crippen LogP contribution in [-0.4, -0.2) is 27.2 Å². The van der Waals surface area contributed by atoms with Crippen molar-refractivity contribution in [3.8, 4) is 17.2 Å². The van der Waals surface area contributed by atoms with Crippen molar-refractivity contribution in [3.63, 3.8) is 0 Å². The number of hydrogen-bond donors (Lipinski definition) is 1. The van der Waals surface area contributed by atoms with Crippen LogP contribution in [0.2, 0.25) is 0 Å². The van der Waals surface area contributed by atoms with Crippen LogP contribution >= 0.6 is 0 Å². The fourth-order valence-electron chi connectivity index (χ4n) is 2.52. The molecule has 2 aromatic carbocycles. The first-order valence-electron chi connectivity index (χ1n) is 8.26. The summed E-state index contributed by atoms with van der Waals surface area (Å²) in [6.07, 6.45) is 2.09. The number of carbonyl (C=O) groups is 1. The third-order valence-corrected chi connectivity index (χ3v) is 3.97. The zero-order valence-electron chi connectivity index (χ0n) is 15.0. The second-order valence-electron chi connectivity index (χ2n) is 5.67. The molecule has 134 valence electrons. The van der Waals surface area contributed by atoms with Gasteiger partial charge in [0.1, 0.15) is 5.75 Å². The van der Waals surface area contributed by atoms with Crippen LogP contribution in [0.4, 0.5) is 0 Å². The molecular formula is C20H25NO4. The van der Waals surface area contributed by atoms with Gasteiger partial charge >= 0.3 is 0 Å². The molecule has 0 unspecified atom stereocenters. The fourth-order valence-corrected chi connectivity index (χ4v) is 2.52. The monoisotopic (exact) mass is 343 g/mol. The maximum atomic E-state index is 12.0. The van der Waals surface area contributed by atoms with Gasteiger partial charge in [0.2, 0.25) is 5.91 Å². The molecule has 5 heteroatoms. The molecule has 0 aromatic heterocycles. The molecule has 0 radical (unpaired) electrons. The third-order valence-electron chi connectivity index (χ3n) is 3.97. The number of amides is 1. The first kappa shape index (κ1) is 18.6. The predicted octanol–water partition coefficient (Wildman–Crippen LogP) is 3.35. The van der Waals surface area contributed by atoms with E-state index >= 15 is 0 Å². The molecule has 2 rings (SSSR count). The molecule has 5 nitrogen and oxygen atoms in total. The number of methoxy groups -OCH3 is 3. The highest BCUT2D eigenvalue weighted by Gasteiger charge is 2.06. The number of rotatable bonds is 9. The number of benzene rings is 2. The molecule has 0 saturated carbocycles. The largest absolute Gasteiger partial charge is 0.497 e. The van der Waals surface area contributed by atoms with Crippen LogP contribution in [-0.2, 0) is 17.8 Å². The molecule has 0 bridgehead atoms. The number of aryl methyl sites for hydroxylation is 1. The van der Waals surface area contributed by atoms with Crippen molar-refractivity contribution in [1.82, 2.24) is 5.32 Å². The summed E-state index contributed by atoms with van der Waals surface area (Å²) in [5.41, 5.74) is 2.18. The lowest BCUT2D eigenvalue weighted by Crippen LogP contribution is -2.22. The van der Waals surface area contributed by atoms with Crippen molar-refractivity contribution in [2.75, 3.05) is 21.3 Å². The van der Waals surface area contributed by atoms with Gasteiger partial charge in [-0.15, -0.1) is 0 Å². The zero-order chi connectivity index (χ0) is 18.1. The lowest BCUT2D eigenvalue weighted by atomic mass is 10.1. The summed E-state index contributed by atoms with van der Waals surface area (Å²) in [6, 6.07) is 13.5. The average molecular weight is 343 g/mol. The van der Waals surface area contributed by atoms with Gasteiger partial charge in [-0.1, -0.05) is 18.2 Å². The number of carbonyl (C=O) groups excluding carboxylic acids is 1. The molecule has 0 saturated heterocycles. The van der Waals surface area contributed by atoms with Crippen LogP contribution in [0.5, 0.6) is 17.2 Å². The summed E-state index contributed by atoms with van der Waals surface area (Å²) >= 11 is 0. The summed E-state index contributed by atoms with van der Waals surface area (Å²) in [7, 11) is 4.87. The van der Waals surface area contributed by atoms with Gasteiger partial charge in [-0.2, -0.15) is 0 Å². The molecule has 0 heterocycles. The van der Waals surface area contributed by atoms with E-state index in [4.69, 9.17) is 14.2 Å². The van der Waals surface area contributed by atoms with Gasteiger partial charge in [-0.05, 0) is 48.2 Å². The van der Waals surface area contributed by atoms with Gasteiger partial charge in [0.25, 0.3) is 0 Å². The van der Waals surface area contributed by atoms with Crippen LogP contribution in [0.15, 0.2) is 42.5 Å². The highest BCUT2D eigenvalue weighted by molar-refractivity contribution is 5.75. The van der Waals surface area contributed by atoms with Gasteiger partial charge in [0.05, 0.1) is 21.3 Å². The quantitative estimate of drug-likeness (QED) is 0.759. The summed E-state index contributed by atoms with van der Waals surface area (Å²) in [5, 5.41) is 2.94. The van der Waals surface area contributed by atoms with Gasteiger partial charge in [-0.25, -0.2) is 0 Å². The molecule has 0 atom stereocenters. The lowest BCUT2D eigenvalue weighted by Gasteiger charge is -2.10. The maximum Gasteiger partial charge on any atom is 0.220 e. The van der Waals surface area contributed by atoms with E-state index in [2.05, 4.69) is 5.32 Å². The first-order valence-corrected chi connectivity index (χ1v) is 8.26. The minimum Gasteiger partial charge on any atom is -0.497 e. The lowest BCUT2D eigenvalue weighted by molar-refractivity contribution is -0.121. The predicted molar refractivity (Wildman–Crippen MR) is 97.3 cm³/mol. The minimum absolute atomic E-state index is 0.0521. The fraction of sp³-hybridized carbons (Fsp3) is 0.350. The Morgan fingerprint density at radius 3 is 2.20 bits per heavy atom. The highest BCUT2D eigenvalue weighted by Crippen LogP contribution is 2.28. The van der Waals surface area contributed by atoms with Gasteiger partial charge in [0.15, 0.2) is 11.5 Å². The molecular weight excluding hydrogens is 318 g/mol. The topological polar surface area (TPSA) is 56.8 Å². The second kappa shape index (κ2) is 9.57. The van der Waals surface area contributed by atoms with E-state index in [1.54, 1.807) is 21.3 Å². The highest BCUT2D eigenvalue weighted by atomic mass is 16.5. The van der Waals surface area contributed by atoms with Crippen molar-refractivity contribution in [3.05, 3.63) is 53.6 Å². The van der Waals surface area contributed by atoms with Crippen LogP contribution in [0.25, 0.3) is 0 Å². The minimum atomic E-state index is 0.0521. The summed E-state index contributed by atoms with van der Waals surface area (Å²) in [6.45, 7) is 0.527. The van der Waals surface area contributed by atoms with Crippen molar-refractivity contribution < 1.29 is 19.0 Å². The van der Waals surface area contributed by atoms with Crippen molar-refractivity contribution >= 4 is 5.91 Å². The molecule has 0 aliphatic rings. The summed E-state index contributed by atoms with van der Waals surface area (Å²) in [5.74, 6) is 2.29. The Balaban J connectivity index is 1.74. The van der Waals surface area contributed by atoms with E-state index in [-0.39, 0.29) is 5.91 Å². The Hall–Kier alpha value is -2.69. The van der Waals surface area contributed by atoms with E-state index in [0.29, 0.717) is 24.5 Å². The zero-order valence-corrected chi connectivity index (χ0v) is 15.0. The van der Waals surface area contributed by atoms with E-state index < -0.39 is 0 Å². The number of nitrogens with one attached hydrogen (secondary N) is 1. The van der Waals surface area contributed by atoms with Gasteiger partial charge < -0.3 is 19.5 Å². The van der Waals surface area contributed by atoms with Crippen molar-refractivity contribution in [1.29, 1.82) is 0 Å². The van der Waals surface area contributed by atoms with Crippen LogP contribution < -0.4 is 19.5 Å². The Morgan fingerprint density at radius 1 is 0.880 bits per heavy atom. The Bertz CT molecular complexity index is 683. The molecule has 2 aromatic rings. The smallest absolute Gasteiger partial charge is 0.220 e. The third kappa shape index (κ3) is 5.71. The van der Waals surface area contributed by atoms with Gasteiger partial charge in [0, 0.05) is 13.0 Å². The normalized spacial score (nSPS) is 10.2. The molecule has 0 aliphatic carbocycles. The molecule has 25 heavy (non-hydrogen) atoms. The maximum absolute atomic E-state index is 12.0.